The lowest BCUT2D eigenvalue weighted by molar-refractivity contribution is 0.434. The average Bonchev–Trinajstić information content (AvgIpc) is 3.46. The Morgan fingerprint density at radius 2 is 1.23 bits per heavy atom. The summed E-state index contributed by atoms with van der Waals surface area (Å²) in [6.45, 7) is 4.36. The zero-order valence-electron chi connectivity index (χ0n) is 26.4. The number of fused-ring (bicyclic) bond motifs is 11. The molecule has 0 radical (unpaired) electrons. The molecule has 0 unspecified atom stereocenters. The summed E-state index contributed by atoms with van der Waals surface area (Å²) in [7, 11) is 0. The quantitative estimate of drug-likeness (QED) is 0.193. The summed E-state index contributed by atoms with van der Waals surface area (Å²) < 4.78 is 8.79. The molecule has 0 N–H and O–H groups in total. The monoisotopic (exact) mass is 619 g/mol. The van der Waals surface area contributed by atoms with Crippen LogP contribution in [0.4, 0.5) is 17.1 Å². The van der Waals surface area contributed by atoms with Gasteiger partial charge in [-0.05, 0) is 79.6 Å². The predicted molar refractivity (Wildman–Crippen MR) is 190 cm³/mol. The number of anilines is 3. The van der Waals surface area contributed by atoms with Gasteiger partial charge in [0, 0.05) is 28.4 Å². The van der Waals surface area contributed by atoms with Crippen LogP contribution in [0.1, 0.15) is 33.4 Å². The van der Waals surface area contributed by atoms with Crippen molar-refractivity contribution in [2.75, 3.05) is 4.90 Å². The molecule has 228 valence electrons. The van der Waals surface area contributed by atoms with Crippen LogP contribution in [0.2, 0.25) is 0 Å². The van der Waals surface area contributed by atoms with Crippen molar-refractivity contribution in [3.63, 3.8) is 0 Å². The second-order valence-electron chi connectivity index (χ2n) is 12.7. The highest BCUT2D eigenvalue weighted by atomic mass is 16.5. The highest BCUT2D eigenvalue weighted by molar-refractivity contribution is 6.09. The number of aryl methyl sites for hydroxylation is 2. The van der Waals surface area contributed by atoms with E-state index in [0.717, 1.165) is 67.3 Å². The minimum absolute atomic E-state index is 0.584. The van der Waals surface area contributed by atoms with Crippen LogP contribution in [0.15, 0.2) is 140 Å². The van der Waals surface area contributed by atoms with Gasteiger partial charge < -0.3 is 14.2 Å². The van der Waals surface area contributed by atoms with Gasteiger partial charge in [-0.3, -0.25) is 4.98 Å². The van der Waals surface area contributed by atoms with E-state index < -0.39 is 5.41 Å². The maximum atomic E-state index is 6.60. The minimum atomic E-state index is -0.584. The van der Waals surface area contributed by atoms with Gasteiger partial charge in [0.1, 0.15) is 17.8 Å². The molecule has 5 heterocycles. The number of benzene rings is 5. The van der Waals surface area contributed by atoms with Crippen LogP contribution in [-0.2, 0) is 5.41 Å². The molecule has 8 aromatic rings. The van der Waals surface area contributed by atoms with Crippen LogP contribution in [0.25, 0.3) is 27.6 Å². The summed E-state index contributed by atoms with van der Waals surface area (Å²) in [5, 5.41) is 1.07. The Bertz CT molecular complexity index is 2490. The lowest BCUT2D eigenvalue weighted by atomic mass is 9.61. The van der Waals surface area contributed by atoms with Crippen molar-refractivity contribution in [1.82, 2.24) is 19.5 Å². The molecule has 0 saturated carbocycles. The number of aromatic nitrogens is 4. The number of pyridine rings is 1. The molecule has 3 aromatic heterocycles. The fourth-order valence-corrected chi connectivity index (χ4v) is 8.07. The van der Waals surface area contributed by atoms with Gasteiger partial charge in [0.05, 0.1) is 51.4 Å². The number of para-hydroxylation sites is 2. The first-order chi connectivity index (χ1) is 23.6. The second kappa shape index (κ2) is 9.86. The Labute approximate surface area is 277 Å². The first kappa shape index (κ1) is 26.9. The van der Waals surface area contributed by atoms with E-state index in [1.165, 1.54) is 22.3 Å². The fraction of sp³-hybridized carbons (Fsp3) is 0.0714. The van der Waals surface area contributed by atoms with Crippen LogP contribution in [0.3, 0.4) is 0 Å². The van der Waals surface area contributed by atoms with Gasteiger partial charge in [0.15, 0.2) is 0 Å². The molecule has 0 saturated heterocycles. The summed E-state index contributed by atoms with van der Waals surface area (Å²) in [5.74, 6) is 1.77. The Hall–Kier alpha value is -6.27. The molecule has 0 fully saturated rings. The Morgan fingerprint density at radius 1 is 0.583 bits per heavy atom. The topological polar surface area (TPSA) is 56.1 Å². The van der Waals surface area contributed by atoms with E-state index in [1.807, 2.05) is 24.7 Å². The van der Waals surface area contributed by atoms with E-state index >= 15 is 0 Å². The molecule has 0 aliphatic carbocycles. The van der Waals surface area contributed by atoms with Crippen LogP contribution in [-0.4, -0.2) is 19.5 Å². The number of rotatable bonds is 2. The van der Waals surface area contributed by atoms with Crippen LogP contribution < -0.4 is 9.64 Å². The highest BCUT2D eigenvalue weighted by Crippen LogP contribution is 2.63. The van der Waals surface area contributed by atoms with Crippen molar-refractivity contribution in [3.8, 4) is 17.2 Å². The standard InChI is InChI=1S/C42H29N5O/c1-26-13-16-36-33(20-26)42(31-8-3-5-11-39(31)48-40-12-6-4-9-32(40)42)34-21-27(2)14-17-37(34)46(36)28-15-18-35-30(22-28)41-38(10-7-19-45-41)47(35)29-23-43-25-44-24-29/h3-25H,1-2H3. The van der Waals surface area contributed by atoms with Crippen molar-refractivity contribution in [2.45, 2.75) is 19.3 Å². The normalized spacial score (nSPS) is 13.9. The molecule has 6 heteroatoms. The lowest BCUT2D eigenvalue weighted by Gasteiger charge is -2.48. The van der Waals surface area contributed by atoms with E-state index in [4.69, 9.17) is 9.72 Å². The van der Waals surface area contributed by atoms with Crippen LogP contribution >= 0.6 is 0 Å². The van der Waals surface area contributed by atoms with Crippen LogP contribution in [0, 0.1) is 13.8 Å². The van der Waals surface area contributed by atoms with Gasteiger partial charge >= 0.3 is 0 Å². The lowest BCUT2D eigenvalue weighted by Crippen LogP contribution is -2.39. The molecule has 48 heavy (non-hydrogen) atoms. The summed E-state index contributed by atoms with van der Waals surface area (Å²) >= 11 is 0. The fourth-order valence-electron chi connectivity index (χ4n) is 8.07. The van der Waals surface area contributed by atoms with Crippen molar-refractivity contribution in [1.29, 1.82) is 0 Å². The molecule has 5 aromatic carbocycles. The summed E-state index contributed by atoms with van der Waals surface area (Å²) in [6, 6.07) is 41.6. The molecular formula is C42H29N5O. The van der Waals surface area contributed by atoms with E-state index in [-0.39, 0.29) is 0 Å². The Balaban J connectivity index is 1.30. The third-order valence-electron chi connectivity index (χ3n) is 9.96. The largest absolute Gasteiger partial charge is 0.457 e. The zero-order valence-corrected chi connectivity index (χ0v) is 26.4. The molecular weight excluding hydrogens is 590 g/mol. The van der Waals surface area contributed by atoms with Gasteiger partial charge in [-0.1, -0.05) is 71.8 Å². The Morgan fingerprint density at radius 3 is 1.90 bits per heavy atom. The molecule has 0 amide bonds. The maximum absolute atomic E-state index is 6.60. The van der Waals surface area contributed by atoms with Gasteiger partial charge in [0.2, 0.25) is 0 Å². The minimum Gasteiger partial charge on any atom is -0.457 e. The van der Waals surface area contributed by atoms with Gasteiger partial charge in [-0.2, -0.15) is 0 Å². The molecule has 1 spiro atoms. The van der Waals surface area contributed by atoms with E-state index in [2.05, 4.69) is 142 Å². The first-order valence-electron chi connectivity index (χ1n) is 16.2. The Kier molecular flexibility index (Phi) is 5.53. The average molecular weight is 620 g/mol. The summed E-state index contributed by atoms with van der Waals surface area (Å²) in [4.78, 5) is 15.9. The zero-order chi connectivity index (χ0) is 32.0. The molecule has 2 aliphatic heterocycles. The van der Waals surface area contributed by atoms with E-state index in [1.54, 1.807) is 6.33 Å². The van der Waals surface area contributed by atoms with Gasteiger partial charge in [0.25, 0.3) is 0 Å². The van der Waals surface area contributed by atoms with Gasteiger partial charge in [-0.25, -0.2) is 9.97 Å². The maximum Gasteiger partial charge on any atom is 0.132 e. The van der Waals surface area contributed by atoms with Crippen molar-refractivity contribution < 1.29 is 4.74 Å². The van der Waals surface area contributed by atoms with Gasteiger partial charge in [-0.15, -0.1) is 0 Å². The number of ether oxygens (including phenoxy) is 1. The third-order valence-corrected chi connectivity index (χ3v) is 9.96. The summed E-state index contributed by atoms with van der Waals surface area (Å²) in [6.07, 6.45) is 7.11. The SMILES string of the molecule is Cc1ccc2c(c1)C1(c3ccccc3Oc3ccccc31)c1cc(C)ccc1N2c1ccc2c(c1)c1ncccc1n2-c1cncnc1. The number of hydrogen-bond donors (Lipinski definition) is 0. The number of nitrogens with zero attached hydrogens (tertiary/aromatic N) is 5. The smallest absolute Gasteiger partial charge is 0.132 e. The third kappa shape index (κ3) is 3.54. The van der Waals surface area contributed by atoms with Crippen molar-refractivity contribution >= 4 is 39.0 Å². The molecule has 10 rings (SSSR count). The van der Waals surface area contributed by atoms with Crippen molar-refractivity contribution in [3.05, 3.63) is 174 Å². The van der Waals surface area contributed by atoms with Crippen molar-refractivity contribution in [2.24, 2.45) is 0 Å². The number of hydrogen-bond acceptors (Lipinski definition) is 5. The molecule has 2 aliphatic rings. The molecule has 6 nitrogen and oxygen atoms in total. The van der Waals surface area contributed by atoms with E-state index in [0.29, 0.717) is 0 Å². The highest BCUT2D eigenvalue weighted by Gasteiger charge is 2.51. The van der Waals surface area contributed by atoms with E-state index in [9.17, 15) is 0 Å². The molecule has 0 bridgehead atoms. The second-order valence-corrected chi connectivity index (χ2v) is 12.7. The first-order valence-corrected chi connectivity index (χ1v) is 16.2. The predicted octanol–water partition coefficient (Wildman–Crippen LogP) is 9.86. The molecule has 0 atom stereocenters. The van der Waals surface area contributed by atoms with Crippen LogP contribution in [0.5, 0.6) is 11.5 Å². The summed E-state index contributed by atoms with van der Waals surface area (Å²) in [5.41, 5.74) is 13.8.